The number of hydrogen-bond donors (Lipinski definition) is 3. The van der Waals surface area contributed by atoms with Gasteiger partial charge in [0.05, 0.1) is 29.2 Å². The van der Waals surface area contributed by atoms with Crippen molar-refractivity contribution in [3.63, 3.8) is 0 Å². The molecule has 0 spiro atoms. The monoisotopic (exact) mass is 467 g/mol. The number of nitrogens with one attached hydrogen (secondary N) is 3. The molecule has 3 amide bonds. The third kappa shape index (κ3) is 5.38. The molecule has 0 bridgehead atoms. The average Bonchev–Trinajstić information content (AvgIpc) is 2.77. The molecule has 32 heavy (non-hydrogen) atoms. The van der Waals surface area contributed by atoms with Crippen molar-refractivity contribution >= 4 is 46.8 Å². The summed E-state index contributed by atoms with van der Waals surface area (Å²) in [6, 6.07) is 6.02. The van der Waals surface area contributed by atoms with Crippen LogP contribution >= 0.6 is 11.8 Å². The quantitative estimate of drug-likeness (QED) is 0.444. The fourth-order valence-corrected chi connectivity index (χ4v) is 3.41. The lowest BCUT2D eigenvalue weighted by atomic mass is 10.2. The highest BCUT2D eigenvalue weighted by Crippen LogP contribution is 2.32. The van der Waals surface area contributed by atoms with E-state index in [9.17, 15) is 32.3 Å². The first-order valence-electron chi connectivity index (χ1n) is 9.14. The zero-order valence-corrected chi connectivity index (χ0v) is 17.3. The van der Waals surface area contributed by atoms with Gasteiger partial charge in [0.2, 0.25) is 11.8 Å². The average molecular weight is 467 g/mol. The van der Waals surface area contributed by atoms with Gasteiger partial charge >= 0.3 is 5.97 Å². The Labute approximate surface area is 183 Å². The molecule has 0 aliphatic carbocycles. The number of halogens is 3. The first kappa shape index (κ1) is 23.1. The number of anilines is 2. The van der Waals surface area contributed by atoms with Gasteiger partial charge in [-0.15, -0.1) is 11.8 Å². The van der Waals surface area contributed by atoms with Crippen molar-refractivity contribution in [1.82, 2.24) is 5.32 Å². The summed E-state index contributed by atoms with van der Waals surface area (Å²) in [4.78, 5) is 48.5. The molecule has 0 aromatic heterocycles. The van der Waals surface area contributed by atoms with Gasteiger partial charge in [0, 0.05) is 4.90 Å². The van der Waals surface area contributed by atoms with Gasteiger partial charge in [0.25, 0.3) is 5.91 Å². The summed E-state index contributed by atoms with van der Waals surface area (Å²) in [6.07, 6.45) is -1.28. The lowest BCUT2D eigenvalue weighted by Crippen LogP contribution is -2.40. The molecule has 8 nitrogen and oxygen atoms in total. The highest BCUT2D eigenvalue weighted by molar-refractivity contribution is 8.00. The van der Waals surface area contributed by atoms with Gasteiger partial charge in [0.1, 0.15) is 0 Å². The number of carbonyl (C=O) groups excluding carboxylic acids is 4. The minimum atomic E-state index is -1.74. The molecule has 0 radical (unpaired) electrons. The zero-order valence-electron chi connectivity index (χ0n) is 16.5. The molecule has 2 aromatic carbocycles. The van der Waals surface area contributed by atoms with Crippen LogP contribution in [0, 0.1) is 17.5 Å². The molecule has 0 fully saturated rings. The van der Waals surface area contributed by atoms with Crippen LogP contribution in [0.1, 0.15) is 17.3 Å². The van der Waals surface area contributed by atoms with Crippen LogP contribution in [0.5, 0.6) is 0 Å². The topological polar surface area (TPSA) is 114 Å². The molecule has 3 rings (SSSR count). The lowest BCUT2D eigenvalue weighted by Gasteiger charge is -2.17. The molecule has 1 aliphatic heterocycles. The summed E-state index contributed by atoms with van der Waals surface area (Å²) in [7, 11) is 0. The molecule has 3 N–H and O–H groups in total. The van der Waals surface area contributed by atoms with Crippen LogP contribution in [0.2, 0.25) is 0 Å². The van der Waals surface area contributed by atoms with E-state index >= 15 is 0 Å². The third-order valence-corrected chi connectivity index (χ3v) is 5.31. The van der Waals surface area contributed by atoms with Crippen LogP contribution in [0.15, 0.2) is 35.2 Å². The highest BCUT2D eigenvalue weighted by atomic mass is 32.2. The van der Waals surface area contributed by atoms with Gasteiger partial charge < -0.3 is 20.7 Å². The normalized spacial score (nSPS) is 13.4. The standard InChI is InChI=1S/C20H16F3N3O5S/c1-9(31-20(30)10-2-5-14-13(6-10)26-16(28)8-32-14)19(29)24-7-15(27)25-12-4-3-11(21)17(22)18(12)23/h2-6,9H,7-8H2,1H3,(H,24,29)(H,25,27)(H,26,28). The van der Waals surface area contributed by atoms with E-state index in [2.05, 4.69) is 10.6 Å². The first-order valence-corrected chi connectivity index (χ1v) is 10.1. The predicted molar refractivity (Wildman–Crippen MR) is 109 cm³/mol. The highest BCUT2D eigenvalue weighted by Gasteiger charge is 2.22. The maximum Gasteiger partial charge on any atom is 0.338 e. The van der Waals surface area contributed by atoms with E-state index in [0.717, 1.165) is 11.0 Å². The van der Waals surface area contributed by atoms with E-state index in [4.69, 9.17) is 4.74 Å². The van der Waals surface area contributed by atoms with Crippen LogP contribution in [0.4, 0.5) is 24.5 Å². The Morgan fingerprint density at radius 3 is 2.66 bits per heavy atom. The fraction of sp³-hybridized carbons (Fsp3) is 0.200. The molecule has 2 aromatic rings. The molecule has 1 unspecified atom stereocenters. The number of amides is 3. The summed E-state index contributed by atoms with van der Waals surface area (Å²) in [5, 5.41) is 6.81. The van der Waals surface area contributed by atoms with E-state index in [1.807, 2.05) is 5.32 Å². The second-order valence-electron chi connectivity index (χ2n) is 6.58. The van der Waals surface area contributed by atoms with Crippen LogP contribution in [0.3, 0.4) is 0 Å². The molecule has 1 heterocycles. The molecule has 168 valence electrons. The summed E-state index contributed by atoms with van der Waals surface area (Å²) in [5.74, 6) is -7.23. The summed E-state index contributed by atoms with van der Waals surface area (Å²) >= 11 is 1.32. The molecule has 1 aliphatic rings. The van der Waals surface area contributed by atoms with Crippen LogP contribution < -0.4 is 16.0 Å². The second kappa shape index (κ2) is 9.73. The fourth-order valence-electron chi connectivity index (χ4n) is 2.62. The van der Waals surface area contributed by atoms with E-state index in [0.29, 0.717) is 11.8 Å². The maximum absolute atomic E-state index is 13.6. The molecule has 12 heteroatoms. The number of rotatable bonds is 6. The number of esters is 1. The van der Waals surface area contributed by atoms with Crippen molar-refractivity contribution in [1.29, 1.82) is 0 Å². The van der Waals surface area contributed by atoms with E-state index < -0.39 is 53.6 Å². The van der Waals surface area contributed by atoms with Crippen molar-refractivity contribution in [2.75, 3.05) is 22.9 Å². The van der Waals surface area contributed by atoms with Gasteiger partial charge in [-0.3, -0.25) is 14.4 Å². The van der Waals surface area contributed by atoms with Gasteiger partial charge in [-0.25, -0.2) is 18.0 Å². The van der Waals surface area contributed by atoms with Crippen molar-refractivity contribution < 1.29 is 37.1 Å². The summed E-state index contributed by atoms with van der Waals surface area (Å²) in [5.41, 5.74) is -0.0306. The second-order valence-corrected chi connectivity index (χ2v) is 7.60. The Morgan fingerprint density at radius 1 is 1.16 bits per heavy atom. The van der Waals surface area contributed by atoms with Gasteiger partial charge in [-0.1, -0.05) is 0 Å². The number of carbonyl (C=O) groups is 4. The smallest absolute Gasteiger partial charge is 0.338 e. The number of fused-ring (bicyclic) bond motifs is 1. The van der Waals surface area contributed by atoms with Gasteiger partial charge in [-0.2, -0.15) is 0 Å². The van der Waals surface area contributed by atoms with E-state index in [-0.39, 0.29) is 17.2 Å². The Hall–Kier alpha value is -3.54. The Morgan fingerprint density at radius 2 is 1.91 bits per heavy atom. The Balaban J connectivity index is 1.52. The summed E-state index contributed by atoms with van der Waals surface area (Å²) in [6.45, 7) is 0.636. The minimum Gasteiger partial charge on any atom is -0.449 e. The number of ether oxygens (including phenoxy) is 1. The minimum absolute atomic E-state index is 0.109. The Kier molecular flexibility index (Phi) is 7.03. The SMILES string of the molecule is CC(OC(=O)c1ccc2c(c1)NC(=O)CS2)C(=O)NCC(=O)Nc1ccc(F)c(F)c1F. The van der Waals surface area contributed by atoms with Gasteiger partial charge in [0.15, 0.2) is 23.6 Å². The van der Waals surface area contributed by atoms with Crippen LogP contribution in [-0.4, -0.2) is 42.1 Å². The molecule has 0 saturated heterocycles. The van der Waals surface area contributed by atoms with Crippen molar-refractivity contribution in [2.45, 2.75) is 17.9 Å². The molecular weight excluding hydrogens is 451 g/mol. The van der Waals surface area contributed by atoms with Crippen molar-refractivity contribution in [3.05, 3.63) is 53.3 Å². The van der Waals surface area contributed by atoms with Crippen LogP contribution in [0.25, 0.3) is 0 Å². The predicted octanol–water partition coefficient (Wildman–Crippen LogP) is 2.45. The molecule has 0 saturated carbocycles. The largest absolute Gasteiger partial charge is 0.449 e. The number of hydrogen-bond acceptors (Lipinski definition) is 6. The van der Waals surface area contributed by atoms with Crippen LogP contribution in [-0.2, 0) is 19.1 Å². The van der Waals surface area contributed by atoms with Gasteiger partial charge in [-0.05, 0) is 37.3 Å². The zero-order chi connectivity index (χ0) is 23.4. The molecule has 1 atom stereocenters. The third-order valence-electron chi connectivity index (χ3n) is 4.23. The Bertz CT molecular complexity index is 1110. The maximum atomic E-state index is 13.6. The number of benzene rings is 2. The lowest BCUT2D eigenvalue weighted by molar-refractivity contribution is -0.130. The number of thioether (sulfide) groups is 1. The first-order chi connectivity index (χ1) is 15.2. The summed E-state index contributed by atoms with van der Waals surface area (Å²) < 4.78 is 44.8. The van der Waals surface area contributed by atoms with E-state index in [1.54, 1.807) is 6.07 Å². The van der Waals surface area contributed by atoms with Crippen molar-refractivity contribution in [2.24, 2.45) is 0 Å². The van der Waals surface area contributed by atoms with Crippen molar-refractivity contribution in [3.8, 4) is 0 Å². The van der Waals surface area contributed by atoms with E-state index in [1.165, 1.54) is 30.8 Å². The molecular formula is C20H16F3N3O5S.